The second-order valence-corrected chi connectivity index (χ2v) is 13.7. The van der Waals surface area contributed by atoms with Crippen LogP contribution in [-0.4, -0.2) is 106 Å². The number of benzene rings is 2. The normalized spacial score (nSPS) is 19.6. The zero-order valence-electron chi connectivity index (χ0n) is 28.2. The number of nitrogens with one attached hydrogen (secondary N) is 2. The van der Waals surface area contributed by atoms with E-state index in [2.05, 4.69) is 58.5 Å². The molecule has 1 unspecified atom stereocenters. The lowest BCUT2D eigenvalue weighted by atomic mass is 9.87. The third kappa shape index (κ3) is 6.56. The van der Waals surface area contributed by atoms with Crippen LogP contribution in [0.1, 0.15) is 30.9 Å². The molecular weight excluding hydrogens is 630 g/mol. The summed E-state index contributed by atoms with van der Waals surface area (Å²) in [5.74, 6) is 1.24. The maximum Gasteiger partial charge on any atom is 0.236 e. The smallest absolute Gasteiger partial charge is 0.236 e. The highest BCUT2D eigenvalue weighted by Gasteiger charge is 2.45. The second kappa shape index (κ2) is 13.6. The number of H-pyrrole nitrogens is 1. The van der Waals surface area contributed by atoms with E-state index in [1.807, 2.05) is 53.6 Å². The number of aromatic amines is 1. The van der Waals surface area contributed by atoms with Crippen LogP contribution in [0.25, 0.3) is 33.5 Å². The van der Waals surface area contributed by atoms with Crippen molar-refractivity contribution in [2.45, 2.75) is 25.2 Å². The molecule has 8 rings (SSSR count). The molecule has 12 heteroatoms. The first-order chi connectivity index (χ1) is 24.5. The number of piperazine rings is 1. The standard InChI is InChI=1S/C38H41N9O3/c1-50-25-38(37(49)42-29-7-10-32-31(22-29)35(44-43-32)28-11-15-39-33(21-28)26-3-4-26)12-16-45(24-38)23-34(48)47-19-17-46(18-20-47)30-8-5-27(6-9-30)36-40-13-2-14-41-36/h2,5-11,13-15,21-22,26H,3-4,12,16-20,23-25H2,1H3,(H,42,49)(H,43,44). The van der Waals surface area contributed by atoms with E-state index in [1.165, 1.54) is 12.8 Å². The number of rotatable bonds is 10. The molecule has 0 spiro atoms. The van der Waals surface area contributed by atoms with Crippen molar-refractivity contribution in [2.75, 3.05) is 69.7 Å². The van der Waals surface area contributed by atoms with Gasteiger partial charge in [-0.15, -0.1) is 0 Å². The van der Waals surface area contributed by atoms with Gasteiger partial charge in [0.2, 0.25) is 11.8 Å². The monoisotopic (exact) mass is 671 g/mol. The molecule has 0 radical (unpaired) electrons. The minimum Gasteiger partial charge on any atom is -0.384 e. The largest absolute Gasteiger partial charge is 0.384 e. The summed E-state index contributed by atoms with van der Waals surface area (Å²) in [4.78, 5) is 46.9. The molecule has 2 saturated heterocycles. The Morgan fingerprint density at radius 3 is 2.48 bits per heavy atom. The Bertz CT molecular complexity index is 1990. The van der Waals surface area contributed by atoms with Crippen LogP contribution in [0.2, 0.25) is 0 Å². The average molecular weight is 672 g/mol. The number of carbonyl (C=O) groups excluding carboxylic acids is 2. The average Bonchev–Trinajstić information content (AvgIpc) is 3.81. The van der Waals surface area contributed by atoms with Crippen molar-refractivity contribution in [1.29, 1.82) is 0 Å². The predicted octanol–water partition coefficient (Wildman–Crippen LogP) is 4.59. The molecule has 1 aliphatic carbocycles. The number of nitrogens with zero attached hydrogens (tertiary/aromatic N) is 7. The maximum absolute atomic E-state index is 13.9. The lowest BCUT2D eigenvalue weighted by Gasteiger charge is -2.37. The van der Waals surface area contributed by atoms with Crippen LogP contribution < -0.4 is 10.2 Å². The molecular formula is C38H41N9O3. The van der Waals surface area contributed by atoms with E-state index in [0.717, 1.165) is 52.2 Å². The van der Waals surface area contributed by atoms with Crippen molar-refractivity contribution in [3.63, 3.8) is 0 Å². The fourth-order valence-electron chi connectivity index (χ4n) is 7.29. The van der Waals surface area contributed by atoms with Gasteiger partial charge in [-0.1, -0.05) is 0 Å². The molecule has 2 aliphatic heterocycles. The van der Waals surface area contributed by atoms with Gasteiger partial charge in [0, 0.05) is 97.9 Å². The van der Waals surface area contributed by atoms with Gasteiger partial charge in [-0.25, -0.2) is 9.97 Å². The van der Waals surface area contributed by atoms with Gasteiger partial charge in [-0.05, 0) is 86.5 Å². The number of amides is 2. The van der Waals surface area contributed by atoms with E-state index in [1.54, 1.807) is 19.5 Å². The summed E-state index contributed by atoms with van der Waals surface area (Å²) in [5, 5.41) is 11.8. The molecule has 256 valence electrons. The molecule has 3 fully saturated rings. The number of methoxy groups -OCH3 is 1. The molecule has 12 nitrogen and oxygen atoms in total. The summed E-state index contributed by atoms with van der Waals surface area (Å²) in [6.07, 6.45) is 8.31. The summed E-state index contributed by atoms with van der Waals surface area (Å²) in [6.45, 7) is 4.48. The van der Waals surface area contributed by atoms with Crippen LogP contribution in [0.5, 0.6) is 0 Å². The number of ether oxygens (including phenoxy) is 1. The number of carbonyl (C=O) groups is 2. The molecule has 5 aromatic rings. The predicted molar refractivity (Wildman–Crippen MR) is 192 cm³/mol. The highest BCUT2D eigenvalue weighted by Crippen LogP contribution is 2.40. The summed E-state index contributed by atoms with van der Waals surface area (Å²) in [7, 11) is 1.62. The lowest BCUT2D eigenvalue weighted by Crippen LogP contribution is -2.51. The summed E-state index contributed by atoms with van der Waals surface area (Å²) >= 11 is 0. The molecule has 2 N–H and O–H groups in total. The Morgan fingerprint density at radius 2 is 1.72 bits per heavy atom. The van der Waals surface area contributed by atoms with E-state index in [9.17, 15) is 9.59 Å². The second-order valence-electron chi connectivity index (χ2n) is 13.7. The molecule has 1 atom stereocenters. The van der Waals surface area contributed by atoms with E-state index in [0.29, 0.717) is 50.0 Å². The number of likely N-dealkylation sites (tertiary alicyclic amines) is 1. The van der Waals surface area contributed by atoms with Crippen LogP contribution in [0.4, 0.5) is 11.4 Å². The molecule has 1 saturated carbocycles. The van der Waals surface area contributed by atoms with Crippen molar-refractivity contribution >= 4 is 34.1 Å². The Balaban J connectivity index is 0.880. The third-order valence-electron chi connectivity index (χ3n) is 10.3. The third-order valence-corrected chi connectivity index (χ3v) is 10.3. The van der Waals surface area contributed by atoms with Crippen LogP contribution in [0.3, 0.4) is 0 Å². The van der Waals surface area contributed by atoms with E-state index >= 15 is 0 Å². The SMILES string of the molecule is COCC1(C(=O)Nc2ccc3[nH]nc(-c4ccnc(C5CC5)c4)c3c2)CCN(CC(=O)N2CCN(c3ccc(-c4ncccn4)cc3)CC2)C1. The van der Waals surface area contributed by atoms with Crippen molar-refractivity contribution < 1.29 is 14.3 Å². The summed E-state index contributed by atoms with van der Waals surface area (Å²) in [6, 6.07) is 20.0. The zero-order valence-corrected chi connectivity index (χ0v) is 28.2. The molecule has 50 heavy (non-hydrogen) atoms. The lowest BCUT2D eigenvalue weighted by molar-refractivity contribution is -0.133. The van der Waals surface area contributed by atoms with E-state index in [-0.39, 0.29) is 25.0 Å². The summed E-state index contributed by atoms with van der Waals surface area (Å²) in [5.41, 5.74) is 5.90. The molecule has 2 aromatic carbocycles. The van der Waals surface area contributed by atoms with Crippen LogP contribution in [0.15, 0.2) is 79.3 Å². The highest BCUT2D eigenvalue weighted by molar-refractivity contribution is 6.00. The number of anilines is 2. The summed E-state index contributed by atoms with van der Waals surface area (Å²) < 4.78 is 5.60. The van der Waals surface area contributed by atoms with Gasteiger partial charge >= 0.3 is 0 Å². The minimum atomic E-state index is -0.761. The number of pyridine rings is 1. The van der Waals surface area contributed by atoms with Gasteiger partial charge in [0.1, 0.15) is 5.69 Å². The fourth-order valence-corrected chi connectivity index (χ4v) is 7.29. The Hall–Kier alpha value is -5.20. The number of aromatic nitrogens is 5. The fraction of sp³-hybridized carbons (Fsp3) is 0.368. The van der Waals surface area contributed by atoms with E-state index in [4.69, 9.17) is 4.74 Å². The van der Waals surface area contributed by atoms with Gasteiger partial charge in [-0.3, -0.25) is 24.6 Å². The number of hydrogen-bond donors (Lipinski definition) is 2. The molecule has 3 aromatic heterocycles. The highest BCUT2D eigenvalue weighted by atomic mass is 16.5. The Labute approximate surface area is 290 Å². The first-order valence-corrected chi connectivity index (χ1v) is 17.4. The Kier molecular flexibility index (Phi) is 8.71. The van der Waals surface area contributed by atoms with Crippen LogP contribution >= 0.6 is 0 Å². The quantitative estimate of drug-likeness (QED) is 0.219. The van der Waals surface area contributed by atoms with Gasteiger partial charge in [0.05, 0.1) is 24.1 Å². The van der Waals surface area contributed by atoms with Crippen molar-refractivity contribution in [1.82, 2.24) is 34.9 Å². The first kappa shape index (κ1) is 32.0. The van der Waals surface area contributed by atoms with Crippen molar-refractivity contribution in [3.05, 3.63) is 84.9 Å². The number of hydrogen-bond acceptors (Lipinski definition) is 9. The maximum atomic E-state index is 13.9. The van der Waals surface area contributed by atoms with Gasteiger partial charge < -0.3 is 19.9 Å². The minimum absolute atomic E-state index is 0.0914. The molecule has 0 bridgehead atoms. The molecule has 2 amide bonds. The van der Waals surface area contributed by atoms with Crippen LogP contribution in [0, 0.1) is 5.41 Å². The number of fused-ring (bicyclic) bond motifs is 1. The van der Waals surface area contributed by atoms with E-state index < -0.39 is 5.41 Å². The topological polar surface area (TPSA) is 132 Å². The van der Waals surface area contributed by atoms with Gasteiger partial charge in [0.25, 0.3) is 0 Å². The van der Waals surface area contributed by atoms with Gasteiger partial charge in [0.15, 0.2) is 5.82 Å². The Morgan fingerprint density at radius 1 is 0.920 bits per heavy atom. The van der Waals surface area contributed by atoms with Crippen LogP contribution in [-0.2, 0) is 14.3 Å². The zero-order chi connectivity index (χ0) is 34.1. The molecule has 5 heterocycles. The first-order valence-electron chi connectivity index (χ1n) is 17.4. The van der Waals surface area contributed by atoms with Gasteiger partial charge in [-0.2, -0.15) is 5.10 Å². The van der Waals surface area contributed by atoms with Crippen molar-refractivity contribution in [2.24, 2.45) is 5.41 Å². The van der Waals surface area contributed by atoms with Crippen molar-refractivity contribution in [3.8, 4) is 22.6 Å². The molecule has 3 aliphatic rings.